The Labute approximate surface area is 112 Å². The van der Waals surface area contributed by atoms with Crippen molar-refractivity contribution in [1.82, 2.24) is 0 Å². The van der Waals surface area contributed by atoms with Gasteiger partial charge < -0.3 is 9.73 Å². The predicted octanol–water partition coefficient (Wildman–Crippen LogP) is 4.26. The Hall–Kier alpha value is -1.26. The van der Waals surface area contributed by atoms with Crippen molar-refractivity contribution in [3.63, 3.8) is 0 Å². The summed E-state index contributed by atoms with van der Waals surface area (Å²) in [6.45, 7) is 1.95. The van der Waals surface area contributed by atoms with E-state index in [9.17, 15) is 4.79 Å². The average Bonchev–Trinajstić information content (AvgIpc) is 2.70. The number of hydrogen-bond donors (Lipinski definition) is 1. The fraction of sp³-hybridized carbons (Fsp3) is 0.0833. The van der Waals surface area contributed by atoms with E-state index in [0.29, 0.717) is 5.69 Å². The Kier molecular flexibility index (Phi) is 3.54. The van der Waals surface area contributed by atoms with Crippen LogP contribution in [0.3, 0.4) is 0 Å². The lowest BCUT2D eigenvalue weighted by Crippen LogP contribution is -2.11. The monoisotopic (exact) mass is 313 g/mol. The van der Waals surface area contributed by atoms with Crippen molar-refractivity contribution in [2.45, 2.75) is 6.92 Å². The smallest absolute Gasteiger partial charge is 0.291 e. The van der Waals surface area contributed by atoms with Gasteiger partial charge in [-0.15, -0.1) is 0 Å². The first-order valence-corrected chi connectivity index (χ1v) is 6.06. The topological polar surface area (TPSA) is 42.2 Å². The van der Waals surface area contributed by atoms with Crippen molar-refractivity contribution in [3.8, 4) is 0 Å². The van der Waals surface area contributed by atoms with Crippen LogP contribution in [0.5, 0.6) is 0 Å². The summed E-state index contributed by atoms with van der Waals surface area (Å²) in [5.41, 5.74) is 1.75. The number of halogens is 2. The zero-order valence-corrected chi connectivity index (χ0v) is 11.3. The molecule has 2 rings (SSSR count). The van der Waals surface area contributed by atoms with E-state index in [-0.39, 0.29) is 16.9 Å². The van der Waals surface area contributed by atoms with Crippen LogP contribution in [0.15, 0.2) is 39.2 Å². The maximum atomic E-state index is 11.8. The Morgan fingerprint density at radius 1 is 1.35 bits per heavy atom. The fourth-order valence-electron chi connectivity index (χ4n) is 1.36. The average molecular weight is 315 g/mol. The molecule has 1 aromatic heterocycles. The van der Waals surface area contributed by atoms with Gasteiger partial charge in [0.05, 0.1) is 5.69 Å². The third kappa shape index (κ3) is 2.90. The molecule has 1 amide bonds. The molecule has 88 valence electrons. The summed E-state index contributed by atoms with van der Waals surface area (Å²) in [6.07, 6.45) is 0. The number of nitrogens with one attached hydrogen (secondary N) is 1. The van der Waals surface area contributed by atoms with Crippen LogP contribution in [0.2, 0.25) is 5.22 Å². The zero-order valence-electron chi connectivity index (χ0n) is 8.96. The molecule has 3 nitrogen and oxygen atoms in total. The van der Waals surface area contributed by atoms with Gasteiger partial charge in [0.25, 0.3) is 5.91 Å². The number of aryl methyl sites for hydroxylation is 1. The van der Waals surface area contributed by atoms with Crippen LogP contribution in [0.4, 0.5) is 5.69 Å². The molecule has 0 unspecified atom stereocenters. The Bertz CT molecular complexity index is 565. The van der Waals surface area contributed by atoms with E-state index in [4.69, 9.17) is 16.0 Å². The molecule has 0 aliphatic heterocycles. The van der Waals surface area contributed by atoms with Gasteiger partial charge in [0.2, 0.25) is 0 Å². The fourth-order valence-corrected chi connectivity index (χ4v) is 1.85. The second kappa shape index (κ2) is 4.94. The molecule has 0 aliphatic rings. The van der Waals surface area contributed by atoms with E-state index >= 15 is 0 Å². The van der Waals surface area contributed by atoms with Crippen molar-refractivity contribution >= 4 is 39.1 Å². The van der Waals surface area contributed by atoms with Gasteiger partial charge in [0.1, 0.15) is 0 Å². The maximum absolute atomic E-state index is 11.8. The summed E-state index contributed by atoms with van der Waals surface area (Å²) in [5, 5.41) is 2.94. The van der Waals surface area contributed by atoms with Crippen molar-refractivity contribution in [2.24, 2.45) is 0 Å². The molecule has 5 heteroatoms. The summed E-state index contributed by atoms with van der Waals surface area (Å²) < 4.78 is 5.84. The van der Waals surface area contributed by atoms with Gasteiger partial charge >= 0.3 is 0 Å². The van der Waals surface area contributed by atoms with E-state index in [2.05, 4.69) is 21.2 Å². The van der Waals surface area contributed by atoms with Crippen molar-refractivity contribution in [2.75, 3.05) is 5.32 Å². The maximum Gasteiger partial charge on any atom is 0.291 e. The first kappa shape index (κ1) is 12.2. The number of rotatable bonds is 2. The van der Waals surface area contributed by atoms with Gasteiger partial charge in [0, 0.05) is 4.47 Å². The first-order valence-electron chi connectivity index (χ1n) is 4.89. The SMILES string of the molecule is Cc1ccc(Br)c(NC(=O)c2ccc(Cl)o2)c1. The molecule has 0 atom stereocenters. The molecular formula is C12H9BrClNO2. The Balaban J connectivity index is 2.21. The Morgan fingerprint density at radius 3 is 2.76 bits per heavy atom. The molecule has 1 aromatic carbocycles. The van der Waals surface area contributed by atoms with Crippen LogP contribution in [0, 0.1) is 6.92 Å². The summed E-state index contributed by atoms with van der Waals surface area (Å²) in [5.74, 6) is -0.147. The third-order valence-corrected chi connectivity index (χ3v) is 3.06. The van der Waals surface area contributed by atoms with Crippen LogP contribution >= 0.6 is 27.5 Å². The standard InChI is InChI=1S/C12H9BrClNO2/c1-7-2-3-8(13)9(6-7)15-12(16)10-4-5-11(14)17-10/h2-6H,1H3,(H,15,16). The number of carbonyl (C=O) groups excluding carboxylic acids is 1. The molecule has 1 heterocycles. The highest BCUT2D eigenvalue weighted by Crippen LogP contribution is 2.24. The lowest BCUT2D eigenvalue weighted by Gasteiger charge is -2.06. The Morgan fingerprint density at radius 2 is 2.12 bits per heavy atom. The van der Waals surface area contributed by atoms with Gasteiger partial charge in [-0.1, -0.05) is 6.07 Å². The van der Waals surface area contributed by atoms with Crippen molar-refractivity contribution in [3.05, 3.63) is 51.3 Å². The molecule has 0 saturated carbocycles. The van der Waals surface area contributed by atoms with E-state index in [1.165, 1.54) is 12.1 Å². The molecule has 0 saturated heterocycles. The molecular weight excluding hydrogens is 305 g/mol. The summed E-state index contributed by atoms with van der Waals surface area (Å²) in [4.78, 5) is 11.8. The van der Waals surface area contributed by atoms with Gasteiger partial charge in [-0.3, -0.25) is 4.79 Å². The molecule has 2 aromatic rings. The van der Waals surface area contributed by atoms with E-state index in [1.807, 2.05) is 25.1 Å². The lowest BCUT2D eigenvalue weighted by molar-refractivity contribution is 0.0996. The molecule has 0 spiro atoms. The van der Waals surface area contributed by atoms with Crippen LogP contribution in [-0.4, -0.2) is 5.91 Å². The zero-order chi connectivity index (χ0) is 12.4. The largest absolute Gasteiger partial charge is 0.440 e. The number of amides is 1. The number of benzene rings is 1. The minimum atomic E-state index is -0.330. The van der Waals surface area contributed by atoms with E-state index in [1.54, 1.807) is 0 Å². The lowest BCUT2D eigenvalue weighted by atomic mass is 10.2. The van der Waals surface area contributed by atoms with E-state index in [0.717, 1.165) is 10.0 Å². The summed E-state index contributed by atoms with van der Waals surface area (Å²) in [6, 6.07) is 8.75. The number of carbonyl (C=O) groups is 1. The second-order valence-corrected chi connectivity index (χ2v) is 4.77. The molecule has 0 aliphatic carbocycles. The predicted molar refractivity (Wildman–Crippen MR) is 70.6 cm³/mol. The molecule has 1 N–H and O–H groups in total. The van der Waals surface area contributed by atoms with Crippen molar-refractivity contribution < 1.29 is 9.21 Å². The highest BCUT2D eigenvalue weighted by atomic mass is 79.9. The quantitative estimate of drug-likeness (QED) is 0.900. The highest BCUT2D eigenvalue weighted by Gasteiger charge is 2.12. The van der Waals surface area contributed by atoms with Gasteiger partial charge in [-0.25, -0.2) is 0 Å². The van der Waals surface area contributed by atoms with Crippen LogP contribution in [-0.2, 0) is 0 Å². The molecule has 17 heavy (non-hydrogen) atoms. The number of hydrogen-bond acceptors (Lipinski definition) is 2. The van der Waals surface area contributed by atoms with E-state index < -0.39 is 0 Å². The van der Waals surface area contributed by atoms with Crippen LogP contribution in [0.25, 0.3) is 0 Å². The normalized spacial score (nSPS) is 10.3. The first-order chi connectivity index (χ1) is 8.06. The van der Waals surface area contributed by atoms with Gasteiger partial charge in [0.15, 0.2) is 11.0 Å². The molecule has 0 fully saturated rings. The second-order valence-electron chi connectivity index (χ2n) is 3.54. The van der Waals surface area contributed by atoms with Gasteiger partial charge in [-0.05, 0) is 64.3 Å². The minimum absolute atomic E-state index is 0.184. The van der Waals surface area contributed by atoms with Crippen molar-refractivity contribution in [1.29, 1.82) is 0 Å². The number of anilines is 1. The summed E-state index contributed by atoms with van der Waals surface area (Å²) >= 11 is 8.97. The third-order valence-electron chi connectivity index (χ3n) is 2.17. The molecule has 0 radical (unpaired) electrons. The van der Waals surface area contributed by atoms with Gasteiger partial charge in [-0.2, -0.15) is 0 Å². The number of furan rings is 1. The molecule has 0 bridgehead atoms. The van der Waals surface area contributed by atoms with Crippen LogP contribution in [0.1, 0.15) is 16.1 Å². The minimum Gasteiger partial charge on any atom is -0.440 e. The highest BCUT2D eigenvalue weighted by molar-refractivity contribution is 9.10. The van der Waals surface area contributed by atoms with Crippen LogP contribution < -0.4 is 5.32 Å². The summed E-state index contributed by atoms with van der Waals surface area (Å²) in [7, 11) is 0.